The fourth-order valence-electron chi connectivity index (χ4n) is 1.98. The molecule has 1 unspecified atom stereocenters. The van der Waals surface area contributed by atoms with Gasteiger partial charge in [-0.3, -0.25) is 0 Å². The quantitative estimate of drug-likeness (QED) is 0.650. The number of nitrogens with zero attached hydrogens (tertiary/aromatic N) is 1. The summed E-state index contributed by atoms with van der Waals surface area (Å²) in [7, 11) is 0. The first-order valence-electron chi connectivity index (χ1n) is 5.08. The molecule has 2 heteroatoms. The van der Waals surface area contributed by atoms with Crippen LogP contribution in [-0.4, -0.2) is 36.5 Å². The summed E-state index contributed by atoms with van der Waals surface area (Å²) < 4.78 is 0. The Labute approximate surface area is 80.9 Å². The number of likely N-dealkylation sites (tertiary alicyclic amines) is 1. The van der Waals surface area contributed by atoms with E-state index in [1.165, 1.54) is 44.6 Å². The summed E-state index contributed by atoms with van der Waals surface area (Å²) in [6, 6.07) is 0. The first-order chi connectivity index (χ1) is 5.86. The average Bonchev–Trinajstić information content (AvgIpc) is 2.50. The predicted octanol–water partition coefficient (Wildman–Crippen LogP) is 2.47. The van der Waals surface area contributed by atoms with Crippen molar-refractivity contribution in [3.8, 4) is 0 Å². The molecule has 1 rings (SSSR count). The Hall–Kier alpha value is 0.310. The number of thioether (sulfide) groups is 1. The third kappa shape index (κ3) is 3.36. The van der Waals surface area contributed by atoms with Crippen molar-refractivity contribution in [2.75, 3.05) is 31.6 Å². The fraction of sp³-hybridized carbons (Fsp3) is 1.00. The van der Waals surface area contributed by atoms with Gasteiger partial charge in [-0.05, 0) is 31.6 Å². The highest BCUT2D eigenvalue weighted by atomic mass is 32.2. The van der Waals surface area contributed by atoms with Crippen molar-refractivity contribution >= 4 is 11.8 Å². The van der Waals surface area contributed by atoms with Gasteiger partial charge in [0.1, 0.15) is 0 Å². The highest BCUT2D eigenvalue weighted by Gasteiger charge is 2.20. The van der Waals surface area contributed by atoms with Gasteiger partial charge in [-0.2, -0.15) is 11.8 Å². The molecule has 0 amide bonds. The Morgan fingerprint density at radius 3 is 3.00 bits per heavy atom. The third-order valence-electron chi connectivity index (χ3n) is 2.68. The van der Waals surface area contributed by atoms with Crippen LogP contribution in [0, 0.1) is 5.92 Å². The van der Waals surface area contributed by atoms with Crippen LogP contribution in [0.5, 0.6) is 0 Å². The van der Waals surface area contributed by atoms with Gasteiger partial charge >= 0.3 is 0 Å². The van der Waals surface area contributed by atoms with Crippen LogP contribution in [0.3, 0.4) is 0 Å². The van der Waals surface area contributed by atoms with Crippen LogP contribution in [0.15, 0.2) is 0 Å². The molecule has 1 aliphatic heterocycles. The summed E-state index contributed by atoms with van der Waals surface area (Å²) in [4.78, 5) is 2.62. The minimum Gasteiger partial charge on any atom is -0.302 e. The monoisotopic (exact) mass is 187 g/mol. The lowest BCUT2D eigenvalue weighted by molar-refractivity contribution is 0.340. The molecular formula is C10H21NS. The summed E-state index contributed by atoms with van der Waals surface area (Å²) >= 11 is 1.96. The molecular weight excluding hydrogens is 166 g/mol. The normalized spacial score (nSPS) is 25.0. The van der Waals surface area contributed by atoms with Gasteiger partial charge in [-0.1, -0.05) is 13.3 Å². The van der Waals surface area contributed by atoms with Gasteiger partial charge in [-0.15, -0.1) is 0 Å². The Morgan fingerprint density at radius 1 is 1.50 bits per heavy atom. The second-order valence-electron chi connectivity index (χ2n) is 3.74. The first kappa shape index (κ1) is 10.4. The maximum absolute atomic E-state index is 2.62. The molecule has 12 heavy (non-hydrogen) atoms. The van der Waals surface area contributed by atoms with Crippen LogP contribution in [0.4, 0.5) is 0 Å². The van der Waals surface area contributed by atoms with Crippen molar-refractivity contribution in [2.45, 2.75) is 26.2 Å². The minimum atomic E-state index is 1.01. The molecule has 72 valence electrons. The van der Waals surface area contributed by atoms with Gasteiger partial charge in [0.2, 0.25) is 0 Å². The van der Waals surface area contributed by atoms with Crippen molar-refractivity contribution < 1.29 is 0 Å². The van der Waals surface area contributed by atoms with Gasteiger partial charge in [0.05, 0.1) is 0 Å². The molecule has 0 aromatic rings. The lowest BCUT2D eigenvalue weighted by atomic mass is 10.0. The van der Waals surface area contributed by atoms with Crippen molar-refractivity contribution in [1.29, 1.82) is 0 Å². The van der Waals surface area contributed by atoms with E-state index in [2.05, 4.69) is 18.1 Å². The molecule has 0 aromatic heterocycles. The van der Waals surface area contributed by atoms with E-state index in [9.17, 15) is 0 Å². The third-order valence-corrected chi connectivity index (χ3v) is 3.27. The van der Waals surface area contributed by atoms with E-state index in [0.717, 1.165) is 5.92 Å². The molecule has 0 spiro atoms. The van der Waals surface area contributed by atoms with Crippen LogP contribution < -0.4 is 0 Å². The lowest BCUT2D eigenvalue weighted by Crippen LogP contribution is -2.23. The molecule has 1 saturated heterocycles. The van der Waals surface area contributed by atoms with Crippen molar-refractivity contribution in [3.05, 3.63) is 0 Å². The highest BCUT2D eigenvalue weighted by Crippen LogP contribution is 2.20. The van der Waals surface area contributed by atoms with Crippen LogP contribution in [0.1, 0.15) is 26.2 Å². The summed E-state index contributed by atoms with van der Waals surface area (Å²) in [5, 5.41) is 0. The van der Waals surface area contributed by atoms with E-state index in [1.807, 2.05) is 11.8 Å². The minimum absolute atomic E-state index is 1.01. The lowest BCUT2D eigenvalue weighted by Gasteiger charge is -2.14. The van der Waals surface area contributed by atoms with Gasteiger partial charge in [0.15, 0.2) is 0 Å². The van der Waals surface area contributed by atoms with Crippen LogP contribution in [0.2, 0.25) is 0 Å². The largest absolute Gasteiger partial charge is 0.302 e. The van der Waals surface area contributed by atoms with Crippen molar-refractivity contribution in [3.63, 3.8) is 0 Å². The van der Waals surface area contributed by atoms with E-state index in [1.54, 1.807) is 0 Å². The SMILES string of the molecule is CCCC1CCN(CCSC)C1. The zero-order valence-corrected chi connectivity index (χ0v) is 9.20. The molecule has 1 fully saturated rings. The Bertz CT molecular complexity index is 116. The molecule has 1 aliphatic rings. The van der Waals surface area contributed by atoms with Gasteiger partial charge in [0, 0.05) is 18.8 Å². The maximum Gasteiger partial charge on any atom is 0.00724 e. The zero-order chi connectivity index (χ0) is 8.81. The predicted molar refractivity (Wildman–Crippen MR) is 57.8 cm³/mol. The molecule has 0 saturated carbocycles. The molecule has 1 heterocycles. The van der Waals surface area contributed by atoms with E-state index < -0.39 is 0 Å². The van der Waals surface area contributed by atoms with Crippen LogP contribution in [-0.2, 0) is 0 Å². The zero-order valence-electron chi connectivity index (χ0n) is 8.38. The summed E-state index contributed by atoms with van der Waals surface area (Å²) in [6.45, 7) is 6.32. The van der Waals surface area contributed by atoms with Crippen molar-refractivity contribution in [2.24, 2.45) is 5.92 Å². The summed E-state index contributed by atoms with van der Waals surface area (Å²) in [5.74, 6) is 2.32. The fourth-order valence-corrected chi connectivity index (χ4v) is 2.42. The van der Waals surface area contributed by atoms with E-state index >= 15 is 0 Å². The number of hydrogen-bond acceptors (Lipinski definition) is 2. The summed E-state index contributed by atoms with van der Waals surface area (Å²) in [6.07, 6.45) is 6.44. The molecule has 0 radical (unpaired) electrons. The van der Waals surface area contributed by atoms with Crippen LogP contribution >= 0.6 is 11.8 Å². The second kappa shape index (κ2) is 5.87. The number of rotatable bonds is 5. The average molecular weight is 187 g/mol. The first-order valence-corrected chi connectivity index (χ1v) is 6.47. The Kier molecular flexibility index (Phi) is 5.08. The maximum atomic E-state index is 2.62. The highest BCUT2D eigenvalue weighted by molar-refractivity contribution is 7.98. The molecule has 0 aliphatic carbocycles. The number of hydrogen-bond donors (Lipinski definition) is 0. The van der Waals surface area contributed by atoms with Gasteiger partial charge in [0.25, 0.3) is 0 Å². The topological polar surface area (TPSA) is 3.24 Å². The van der Waals surface area contributed by atoms with E-state index in [4.69, 9.17) is 0 Å². The smallest absolute Gasteiger partial charge is 0.00724 e. The van der Waals surface area contributed by atoms with Gasteiger partial charge in [-0.25, -0.2) is 0 Å². The van der Waals surface area contributed by atoms with Crippen molar-refractivity contribution in [1.82, 2.24) is 4.90 Å². The Morgan fingerprint density at radius 2 is 2.33 bits per heavy atom. The van der Waals surface area contributed by atoms with E-state index in [-0.39, 0.29) is 0 Å². The molecule has 0 bridgehead atoms. The summed E-state index contributed by atoms with van der Waals surface area (Å²) in [5.41, 5.74) is 0. The van der Waals surface area contributed by atoms with Crippen LogP contribution in [0.25, 0.3) is 0 Å². The van der Waals surface area contributed by atoms with Gasteiger partial charge < -0.3 is 4.90 Å². The molecule has 0 N–H and O–H groups in total. The van der Waals surface area contributed by atoms with E-state index in [0.29, 0.717) is 0 Å². The molecule has 0 aromatic carbocycles. The Balaban J connectivity index is 2.08. The second-order valence-corrected chi connectivity index (χ2v) is 4.72. The molecule has 1 atom stereocenters. The molecule has 1 nitrogen and oxygen atoms in total. The standard InChI is InChI=1S/C10H21NS/c1-3-4-10-5-6-11(9-10)7-8-12-2/h10H,3-9H2,1-2H3.